The molecule has 10 heteroatoms. The average molecular weight is 358 g/mol. The van der Waals surface area contributed by atoms with Crippen molar-refractivity contribution in [3.63, 3.8) is 0 Å². The highest BCUT2D eigenvalue weighted by molar-refractivity contribution is 7.90. The van der Waals surface area contributed by atoms with Crippen LogP contribution in [-0.4, -0.2) is 36.5 Å². The number of sulfonamides is 2. The number of nitrogens with two attached hydrogens (primary N) is 1. The molecule has 0 aliphatic rings. The predicted molar refractivity (Wildman–Crippen MR) is 83.5 cm³/mol. The van der Waals surface area contributed by atoms with E-state index in [0.29, 0.717) is 5.56 Å². The van der Waals surface area contributed by atoms with Crippen molar-refractivity contribution in [2.24, 2.45) is 5.73 Å². The second kappa shape index (κ2) is 7.52. The monoisotopic (exact) mass is 357 g/mol. The van der Waals surface area contributed by atoms with E-state index in [1.54, 1.807) is 6.92 Å². The normalized spacial score (nSPS) is 13.5. The summed E-state index contributed by atoms with van der Waals surface area (Å²) in [5.41, 5.74) is 5.72. The van der Waals surface area contributed by atoms with E-state index in [2.05, 4.69) is 9.44 Å². The van der Waals surface area contributed by atoms with E-state index < -0.39 is 26.1 Å². The van der Waals surface area contributed by atoms with E-state index in [9.17, 15) is 16.8 Å². The Kier molecular flexibility index (Phi) is 7.27. The van der Waals surface area contributed by atoms with Crippen molar-refractivity contribution in [1.29, 1.82) is 0 Å². The van der Waals surface area contributed by atoms with Crippen molar-refractivity contribution >= 4 is 32.5 Å². The molecule has 0 aliphatic carbocycles. The van der Waals surface area contributed by atoms with Gasteiger partial charge in [-0.3, -0.25) is 0 Å². The summed E-state index contributed by atoms with van der Waals surface area (Å²) in [5.74, 6) is 0. The molecule has 7 nitrogen and oxygen atoms in total. The van der Waals surface area contributed by atoms with Crippen molar-refractivity contribution in [2.75, 3.05) is 13.6 Å². The molecule has 1 aromatic carbocycles. The highest BCUT2D eigenvalue weighted by Gasteiger charge is 2.20. The third kappa shape index (κ3) is 4.90. The van der Waals surface area contributed by atoms with Gasteiger partial charge in [-0.2, -0.15) is 0 Å². The zero-order valence-electron chi connectivity index (χ0n) is 12.0. The summed E-state index contributed by atoms with van der Waals surface area (Å²) in [4.78, 5) is 0.0520. The van der Waals surface area contributed by atoms with Crippen LogP contribution in [0.3, 0.4) is 0 Å². The molecule has 0 heterocycles. The average Bonchev–Trinajstić information content (AvgIpc) is 2.37. The number of aryl methyl sites for hydroxylation is 1. The van der Waals surface area contributed by atoms with Crippen molar-refractivity contribution in [1.82, 2.24) is 9.44 Å². The predicted octanol–water partition coefficient (Wildman–Crippen LogP) is -0.0496. The van der Waals surface area contributed by atoms with Gasteiger partial charge < -0.3 is 5.73 Å². The van der Waals surface area contributed by atoms with Gasteiger partial charge in [0.25, 0.3) is 0 Å². The smallest absolute Gasteiger partial charge is 0.240 e. The lowest BCUT2D eigenvalue weighted by atomic mass is 10.2. The zero-order valence-corrected chi connectivity index (χ0v) is 14.4. The van der Waals surface area contributed by atoms with Crippen LogP contribution in [0.25, 0.3) is 0 Å². The second-order valence-electron chi connectivity index (χ2n) is 4.39. The minimum absolute atomic E-state index is 0. The Morgan fingerprint density at radius 3 is 2.19 bits per heavy atom. The number of hydrogen-bond acceptors (Lipinski definition) is 5. The number of rotatable bonds is 6. The fourth-order valence-corrected chi connectivity index (χ4v) is 3.87. The lowest BCUT2D eigenvalue weighted by Crippen LogP contribution is -2.37. The van der Waals surface area contributed by atoms with Crippen LogP contribution in [0.4, 0.5) is 0 Å². The summed E-state index contributed by atoms with van der Waals surface area (Å²) >= 11 is 0. The summed E-state index contributed by atoms with van der Waals surface area (Å²) in [6.45, 7) is 3.35. The number of benzene rings is 1. The van der Waals surface area contributed by atoms with Crippen LogP contribution < -0.4 is 15.2 Å². The summed E-state index contributed by atoms with van der Waals surface area (Å²) in [6, 6.07) is 3.43. The van der Waals surface area contributed by atoms with Crippen LogP contribution in [0.2, 0.25) is 0 Å². The van der Waals surface area contributed by atoms with Gasteiger partial charge in [0, 0.05) is 12.6 Å². The standard InChI is InChI=1S/C11H19N3O4S2.ClH/c1-8-6-10(19(15,16)14-9(2)7-12)4-5-11(8)20(17,18)13-3;/h4-6,9,13-14H,7,12H2,1-3H3;1H/t9-;/m1./s1. The van der Waals surface area contributed by atoms with Crippen LogP contribution in [0, 0.1) is 6.92 Å². The minimum atomic E-state index is -3.71. The van der Waals surface area contributed by atoms with Gasteiger partial charge >= 0.3 is 0 Å². The molecule has 0 saturated carbocycles. The molecule has 122 valence electrons. The molecular weight excluding hydrogens is 338 g/mol. The Hall–Kier alpha value is -0.710. The number of halogens is 1. The van der Waals surface area contributed by atoms with Gasteiger partial charge in [-0.25, -0.2) is 26.3 Å². The van der Waals surface area contributed by atoms with E-state index in [1.165, 1.54) is 32.2 Å². The molecule has 0 bridgehead atoms. The maximum Gasteiger partial charge on any atom is 0.240 e. The molecule has 4 N–H and O–H groups in total. The largest absolute Gasteiger partial charge is 0.329 e. The molecule has 0 spiro atoms. The maximum atomic E-state index is 12.1. The Bertz CT molecular complexity index is 689. The van der Waals surface area contributed by atoms with Crippen LogP contribution in [-0.2, 0) is 20.0 Å². The Labute approximate surface area is 131 Å². The number of hydrogen-bond donors (Lipinski definition) is 3. The van der Waals surface area contributed by atoms with E-state index >= 15 is 0 Å². The lowest BCUT2D eigenvalue weighted by Gasteiger charge is -2.13. The Morgan fingerprint density at radius 2 is 1.76 bits per heavy atom. The first kappa shape index (κ1) is 20.3. The topological polar surface area (TPSA) is 118 Å². The van der Waals surface area contributed by atoms with Gasteiger partial charge in [0.15, 0.2) is 0 Å². The molecule has 0 unspecified atom stereocenters. The zero-order chi connectivity index (χ0) is 15.6. The van der Waals surface area contributed by atoms with Gasteiger partial charge in [0.05, 0.1) is 9.79 Å². The third-order valence-corrected chi connectivity index (χ3v) is 5.89. The van der Waals surface area contributed by atoms with Gasteiger partial charge in [-0.05, 0) is 44.7 Å². The Balaban J connectivity index is 0.00000400. The van der Waals surface area contributed by atoms with Crippen LogP contribution >= 0.6 is 12.4 Å². The van der Waals surface area contributed by atoms with Crippen molar-refractivity contribution in [2.45, 2.75) is 29.7 Å². The van der Waals surface area contributed by atoms with Crippen molar-refractivity contribution < 1.29 is 16.8 Å². The van der Waals surface area contributed by atoms with Crippen molar-refractivity contribution in [3.8, 4) is 0 Å². The van der Waals surface area contributed by atoms with Gasteiger partial charge in [0.1, 0.15) is 0 Å². The van der Waals surface area contributed by atoms with E-state index in [1.807, 2.05) is 0 Å². The molecule has 1 atom stereocenters. The first-order valence-electron chi connectivity index (χ1n) is 5.90. The van der Waals surface area contributed by atoms with E-state index in [0.717, 1.165) is 0 Å². The molecule has 0 radical (unpaired) electrons. The Morgan fingerprint density at radius 1 is 1.19 bits per heavy atom. The summed E-state index contributed by atoms with van der Waals surface area (Å²) in [5, 5.41) is 0. The van der Waals surface area contributed by atoms with E-state index in [4.69, 9.17) is 5.73 Å². The fourth-order valence-electron chi connectivity index (χ4n) is 1.58. The van der Waals surface area contributed by atoms with Crippen molar-refractivity contribution in [3.05, 3.63) is 23.8 Å². The molecular formula is C11H20ClN3O4S2. The van der Waals surface area contributed by atoms with Gasteiger partial charge in [-0.15, -0.1) is 12.4 Å². The molecule has 0 saturated heterocycles. The van der Waals surface area contributed by atoms with Crippen LogP contribution in [0.15, 0.2) is 28.0 Å². The first-order valence-corrected chi connectivity index (χ1v) is 8.87. The summed E-state index contributed by atoms with van der Waals surface area (Å²) < 4.78 is 52.1. The molecule has 1 aromatic rings. The fraction of sp³-hybridized carbons (Fsp3) is 0.455. The molecule has 0 amide bonds. The molecule has 0 fully saturated rings. The molecule has 21 heavy (non-hydrogen) atoms. The summed E-state index contributed by atoms with van der Waals surface area (Å²) in [7, 11) is -6.02. The van der Waals surface area contributed by atoms with Gasteiger partial charge in [-0.1, -0.05) is 0 Å². The molecule has 0 aromatic heterocycles. The lowest BCUT2D eigenvalue weighted by molar-refractivity contribution is 0.562. The van der Waals surface area contributed by atoms with E-state index in [-0.39, 0.29) is 28.7 Å². The van der Waals surface area contributed by atoms with Crippen LogP contribution in [0.1, 0.15) is 12.5 Å². The summed E-state index contributed by atoms with van der Waals surface area (Å²) in [6.07, 6.45) is 0. The quantitative estimate of drug-likeness (QED) is 0.659. The molecule has 1 rings (SSSR count). The highest BCUT2D eigenvalue weighted by atomic mass is 35.5. The number of nitrogens with one attached hydrogen (secondary N) is 2. The minimum Gasteiger partial charge on any atom is -0.329 e. The maximum absolute atomic E-state index is 12.1. The van der Waals surface area contributed by atoms with Gasteiger partial charge in [0.2, 0.25) is 20.0 Å². The first-order chi connectivity index (χ1) is 9.14. The van der Waals surface area contributed by atoms with Crippen LogP contribution in [0.5, 0.6) is 0 Å². The highest BCUT2D eigenvalue weighted by Crippen LogP contribution is 2.19. The second-order valence-corrected chi connectivity index (χ2v) is 7.96. The molecule has 0 aliphatic heterocycles. The third-order valence-electron chi connectivity index (χ3n) is 2.72. The SMILES string of the molecule is CNS(=O)(=O)c1ccc(S(=O)(=O)N[C@H](C)CN)cc1C.Cl.